The zero-order valence-corrected chi connectivity index (χ0v) is 10.5. The van der Waals surface area contributed by atoms with E-state index in [0.29, 0.717) is 0 Å². The van der Waals surface area contributed by atoms with Crippen LogP contribution in [0, 0.1) is 5.92 Å². The highest BCUT2D eigenvalue weighted by Gasteiger charge is 2.27. The van der Waals surface area contributed by atoms with Crippen LogP contribution < -0.4 is 4.72 Å². The Hall–Kier alpha value is -0.920. The average Bonchev–Trinajstić information content (AvgIpc) is 2.85. The first kappa shape index (κ1) is 12.5. The number of aryl methyl sites for hydroxylation is 1. The van der Waals surface area contributed by atoms with Crippen molar-refractivity contribution in [1.29, 1.82) is 0 Å². The molecule has 1 aromatic rings. The van der Waals surface area contributed by atoms with Gasteiger partial charge in [0.2, 0.25) is 0 Å². The topological polar surface area (TPSA) is 84.2 Å². The second kappa shape index (κ2) is 4.75. The van der Waals surface area contributed by atoms with E-state index in [2.05, 4.69) is 9.71 Å². The number of aliphatic hydroxyl groups excluding tert-OH is 1. The standard InChI is InChI=1S/C10H17N3O3S/c1-13-6-10(11-7-13)17(15,16)12-5-8-3-2-4-9(8)14/h6-9,12,14H,2-5H2,1H3. The van der Waals surface area contributed by atoms with Crippen LogP contribution in [-0.2, 0) is 17.1 Å². The van der Waals surface area contributed by atoms with E-state index in [9.17, 15) is 13.5 Å². The molecule has 0 bridgehead atoms. The molecular formula is C10H17N3O3S. The first-order valence-electron chi connectivity index (χ1n) is 5.65. The monoisotopic (exact) mass is 259 g/mol. The van der Waals surface area contributed by atoms with Crippen LogP contribution >= 0.6 is 0 Å². The fraction of sp³-hybridized carbons (Fsp3) is 0.700. The van der Waals surface area contributed by atoms with Gasteiger partial charge in [0.05, 0.1) is 12.4 Å². The first-order valence-corrected chi connectivity index (χ1v) is 7.13. The third kappa shape index (κ3) is 2.85. The minimum absolute atomic E-state index is 0.0208. The Morgan fingerprint density at radius 2 is 2.35 bits per heavy atom. The summed E-state index contributed by atoms with van der Waals surface area (Å²) in [5.74, 6) is 0.0217. The van der Waals surface area contributed by atoms with E-state index < -0.39 is 10.0 Å². The summed E-state index contributed by atoms with van der Waals surface area (Å²) in [6.45, 7) is 0.278. The molecule has 0 spiro atoms. The van der Waals surface area contributed by atoms with E-state index >= 15 is 0 Å². The number of aliphatic hydroxyl groups is 1. The highest BCUT2D eigenvalue weighted by molar-refractivity contribution is 7.89. The Bertz CT molecular complexity index is 483. The summed E-state index contributed by atoms with van der Waals surface area (Å²) in [6, 6.07) is 0. The van der Waals surface area contributed by atoms with Crippen molar-refractivity contribution in [2.75, 3.05) is 6.54 Å². The molecule has 0 radical (unpaired) electrons. The third-order valence-electron chi connectivity index (χ3n) is 3.11. The molecule has 2 atom stereocenters. The van der Waals surface area contributed by atoms with Gasteiger partial charge in [0.1, 0.15) is 0 Å². The van der Waals surface area contributed by atoms with Crippen molar-refractivity contribution in [1.82, 2.24) is 14.3 Å². The van der Waals surface area contributed by atoms with Crippen molar-refractivity contribution in [3.05, 3.63) is 12.5 Å². The van der Waals surface area contributed by atoms with Gasteiger partial charge >= 0.3 is 0 Å². The van der Waals surface area contributed by atoms with Gasteiger partial charge in [-0.3, -0.25) is 0 Å². The SMILES string of the molecule is Cn1cnc(S(=O)(=O)NCC2CCCC2O)c1. The van der Waals surface area contributed by atoms with Crippen LogP contribution in [0.3, 0.4) is 0 Å². The number of aromatic nitrogens is 2. The van der Waals surface area contributed by atoms with E-state index in [-0.39, 0.29) is 23.6 Å². The molecule has 2 rings (SSSR count). The molecule has 0 aliphatic heterocycles. The number of imidazole rings is 1. The molecule has 6 nitrogen and oxygen atoms in total. The van der Waals surface area contributed by atoms with Gasteiger partial charge in [-0.05, 0) is 18.8 Å². The Morgan fingerprint density at radius 3 is 2.88 bits per heavy atom. The Balaban J connectivity index is 1.98. The van der Waals surface area contributed by atoms with Crippen molar-refractivity contribution >= 4 is 10.0 Å². The fourth-order valence-electron chi connectivity index (χ4n) is 2.07. The summed E-state index contributed by atoms with van der Waals surface area (Å²) in [5, 5.41) is 9.63. The minimum Gasteiger partial charge on any atom is -0.393 e. The van der Waals surface area contributed by atoms with Gasteiger partial charge in [0, 0.05) is 19.8 Å². The van der Waals surface area contributed by atoms with Crippen molar-refractivity contribution in [2.24, 2.45) is 13.0 Å². The lowest BCUT2D eigenvalue weighted by atomic mass is 10.1. The molecule has 0 amide bonds. The van der Waals surface area contributed by atoms with Gasteiger partial charge < -0.3 is 9.67 Å². The van der Waals surface area contributed by atoms with Crippen molar-refractivity contribution in [2.45, 2.75) is 30.4 Å². The molecule has 2 unspecified atom stereocenters. The number of hydrogen-bond donors (Lipinski definition) is 2. The molecule has 1 aliphatic rings. The Labute approximate surface area is 101 Å². The molecule has 1 saturated carbocycles. The van der Waals surface area contributed by atoms with Crippen LogP contribution in [0.5, 0.6) is 0 Å². The second-order valence-electron chi connectivity index (χ2n) is 4.49. The van der Waals surface area contributed by atoms with Crippen LogP contribution in [-0.4, -0.2) is 35.7 Å². The molecular weight excluding hydrogens is 242 g/mol. The number of nitrogens with zero attached hydrogens (tertiary/aromatic N) is 2. The molecule has 1 aliphatic carbocycles. The average molecular weight is 259 g/mol. The summed E-state index contributed by atoms with van der Waals surface area (Å²) < 4.78 is 27.8. The highest BCUT2D eigenvalue weighted by Crippen LogP contribution is 2.25. The van der Waals surface area contributed by atoms with Gasteiger partial charge in [0.15, 0.2) is 5.03 Å². The summed E-state index contributed by atoms with van der Waals surface area (Å²) in [4.78, 5) is 3.80. The molecule has 0 aromatic carbocycles. The molecule has 1 aromatic heterocycles. The van der Waals surface area contributed by atoms with Crippen LogP contribution in [0.2, 0.25) is 0 Å². The lowest BCUT2D eigenvalue weighted by Crippen LogP contribution is -2.32. The predicted octanol–water partition coefficient (Wildman–Crippen LogP) is -0.141. The van der Waals surface area contributed by atoms with Crippen LogP contribution in [0.4, 0.5) is 0 Å². The Kier molecular flexibility index (Phi) is 3.50. The highest BCUT2D eigenvalue weighted by atomic mass is 32.2. The zero-order chi connectivity index (χ0) is 12.5. The van der Waals surface area contributed by atoms with E-state index in [4.69, 9.17) is 0 Å². The third-order valence-corrected chi connectivity index (χ3v) is 4.42. The second-order valence-corrected chi connectivity index (χ2v) is 6.20. The lowest BCUT2D eigenvalue weighted by Gasteiger charge is -2.14. The maximum Gasteiger partial charge on any atom is 0.259 e. The molecule has 1 fully saturated rings. The van der Waals surface area contributed by atoms with E-state index in [1.54, 1.807) is 11.6 Å². The maximum atomic E-state index is 11.8. The molecule has 1 heterocycles. The van der Waals surface area contributed by atoms with Crippen LogP contribution in [0.15, 0.2) is 17.6 Å². The first-order chi connectivity index (χ1) is 7.99. The van der Waals surface area contributed by atoms with Gasteiger partial charge in [-0.25, -0.2) is 18.1 Å². The van der Waals surface area contributed by atoms with Crippen molar-refractivity contribution in [3.63, 3.8) is 0 Å². The number of hydrogen-bond acceptors (Lipinski definition) is 4. The van der Waals surface area contributed by atoms with E-state index in [1.807, 2.05) is 0 Å². The van der Waals surface area contributed by atoms with E-state index in [0.717, 1.165) is 19.3 Å². The predicted molar refractivity (Wildman–Crippen MR) is 61.7 cm³/mol. The summed E-state index contributed by atoms with van der Waals surface area (Å²) >= 11 is 0. The molecule has 2 N–H and O–H groups in total. The van der Waals surface area contributed by atoms with Gasteiger partial charge in [0.25, 0.3) is 10.0 Å². The quantitative estimate of drug-likeness (QED) is 0.788. The van der Waals surface area contributed by atoms with Crippen LogP contribution in [0.1, 0.15) is 19.3 Å². The zero-order valence-electron chi connectivity index (χ0n) is 9.70. The summed E-state index contributed by atoms with van der Waals surface area (Å²) in [6.07, 6.45) is 5.09. The smallest absolute Gasteiger partial charge is 0.259 e. The molecule has 7 heteroatoms. The molecule has 96 valence electrons. The largest absolute Gasteiger partial charge is 0.393 e. The Morgan fingerprint density at radius 1 is 1.59 bits per heavy atom. The molecule has 17 heavy (non-hydrogen) atoms. The van der Waals surface area contributed by atoms with E-state index in [1.165, 1.54) is 12.5 Å². The number of sulfonamides is 1. The van der Waals surface area contributed by atoms with Gasteiger partial charge in [-0.15, -0.1) is 0 Å². The van der Waals surface area contributed by atoms with Gasteiger partial charge in [-0.2, -0.15) is 0 Å². The van der Waals surface area contributed by atoms with Crippen molar-refractivity contribution < 1.29 is 13.5 Å². The summed E-state index contributed by atoms with van der Waals surface area (Å²) in [5.41, 5.74) is 0. The van der Waals surface area contributed by atoms with Crippen molar-refractivity contribution in [3.8, 4) is 0 Å². The normalized spacial score (nSPS) is 25.3. The minimum atomic E-state index is -3.54. The fourth-order valence-corrected chi connectivity index (χ4v) is 3.15. The maximum absolute atomic E-state index is 11.8. The summed E-state index contributed by atoms with van der Waals surface area (Å²) in [7, 11) is -1.83. The number of nitrogens with one attached hydrogen (secondary N) is 1. The lowest BCUT2D eigenvalue weighted by molar-refractivity contribution is 0.134. The number of rotatable bonds is 4. The van der Waals surface area contributed by atoms with Crippen LogP contribution in [0.25, 0.3) is 0 Å². The van der Waals surface area contributed by atoms with Gasteiger partial charge in [-0.1, -0.05) is 6.42 Å². The molecule has 0 saturated heterocycles.